The van der Waals surface area contributed by atoms with Crippen LogP contribution >= 0.6 is 0 Å². The van der Waals surface area contributed by atoms with Crippen LogP contribution in [0.4, 0.5) is 0 Å². The van der Waals surface area contributed by atoms with Gasteiger partial charge in [-0.3, -0.25) is 4.79 Å². The summed E-state index contributed by atoms with van der Waals surface area (Å²) in [5, 5.41) is 33.4. The number of rotatable bonds is 5. The third kappa shape index (κ3) is 4.40. The van der Waals surface area contributed by atoms with E-state index in [1.54, 1.807) is 0 Å². The van der Waals surface area contributed by atoms with Crippen molar-refractivity contribution in [1.82, 2.24) is 0 Å². The van der Waals surface area contributed by atoms with Crippen LogP contribution in [0.3, 0.4) is 0 Å². The summed E-state index contributed by atoms with van der Waals surface area (Å²) in [6, 6.07) is 0. The molecule has 4 aliphatic rings. The summed E-state index contributed by atoms with van der Waals surface area (Å²) in [6.45, 7) is 14.6. The van der Waals surface area contributed by atoms with E-state index in [2.05, 4.69) is 27.7 Å². The number of carbonyl (C=O) groups excluding carboxylic acids is 1. The lowest BCUT2D eigenvalue weighted by molar-refractivity contribution is -0.236. The molecule has 6 heteroatoms. The first kappa shape index (κ1) is 28.4. The molecular weight excluding hydrogens is 468 g/mol. The van der Waals surface area contributed by atoms with Crippen molar-refractivity contribution in [3.8, 4) is 0 Å². The molecule has 0 radical (unpaired) electrons. The van der Waals surface area contributed by atoms with E-state index in [4.69, 9.17) is 4.74 Å². The molecule has 3 N–H and O–H groups in total. The van der Waals surface area contributed by atoms with E-state index in [-0.39, 0.29) is 46.1 Å². The zero-order chi connectivity index (χ0) is 27.5. The molecule has 10 atom stereocenters. The number of esters is 1. The van der Waals surface area contributed by atoms with E-state index >= 15 is 0 Å². The molecule has 3 unspecified atom stereocenters. The zero-order valence-electron chi connectivity index (χ0n) is 23.8. The Balaban J connectivity index is 1.72. The van der Waals surface area contributed by atoms with Crippen LogP contribution in [0.2, 0.25) is 0 Å². The predicted molar refractivity (Wildman–Crippen MR) is 143 cm³/mol. The van der Waals surface area contributed by atoms with E-state index < -0.39 is 18.2 Å². The predicted octanol–water partition coefficient (Wildman–Crippen LogP) is 5.67. The van der Waals surface area contributed by atoms with E-state index in [1.165, 1.54) is 6.92 Å². The minimum Gasteiger partial charge on any atom is -0.478 e. The first-order chi connectivity index (χ1) is 17.2. The van der Waals surface area contributed by atoms with Gasteiger partial charge in [-0.25, -0.2) is 4.79 Å². The van der Waals surface area contributed by atoms with Crippen molar-refractivity contribution >= 4 is 11.9 Å². The Bertz CT molecular complexity index is 994. The summed E-state index contributed by atoms with van der Waals surface area (Å²) in [5.74, 6) is -0.706. The monoisotopic (exact) mass is 516 g/mol. The van der Waals surface area contributed by atoms with E-state index in [0.29, 0.717) is 42.7 Å². The molecule has 0 bridgehead atoms. The molecule has 0 spiro atoms. The molecule has 37 heavy (non-hydrogen) atoms. The summed E-state index contributed by atoms with van der Waals surface area (Å²) >= 11 is 0. The SMILES string of the molecule is CC(=O)O[C@@H]1CC[C@@]2(C)C(CC[C@@]3(C)C2[C@H](O)CC2/C(=C(\CCC=C(C)C)C(=O)O)[C@H](O)C[C@@]23C)[C@@H]1C. The third-order valence-corrected chi connectivity index (χ3v) is 11.6. The second-order valence-corrected chi connectivity index (χ2v) is 13.6. The lowest BCUT2D eigenvalue weighted by Gasteiger charge is -2.69. The van der Waals surface area contributed by atoms with Crippen LogP contribution in [0.1, 0.15) is 99.8 Å². The van der Waals surface area contributed by atoms with Gasteiger partial charge in [0.2, 0.25) is 0 Å². The van der Waals surface area contributed by atoms with Crippen LogP contribution in [0, 0.1) is 39.9 Å². The maximum Gasteiger partial charge on any atom is 0.331 e. The standard InChI is InChI=1S/C31H48O6/c1-17(2)9-8-10-20(28(35)36)26-22-15-23(33)27-29(5)13-12-25(37-19(4)32)18(3)21(29)11-14-30(27,6)31(22,7)16-24(26)34/h9,18,21-25,27,33-34H,8,10-16H2,1-7H3,(H,35,36)/b26-20-/t18-,21?,22?,23+,24+,25+,27?,29-,30-,31-/m0/s1. The number of hydrogen-bond donors (Lipinski definition) is 3. The van der Waals surface area contributed by atoms with Gasteiger partial charge in [-0.15, -0.1) is 0 Å². The smallest absolute Gasteiger partial charge is 0.331 e. The fourth-order valence-corrected chi connectivity index (χ4v) is 9.88. The molecule has 4 aliphatic carbocycles. The number of hydrogen-bond acceptors (Lipinski definition) is 5. The largest absolute Gasteiger partial charge is 0.478 e. The molecule has 0 aromatic rings. The summed E-state index contributed by atoms with van der Waals surface area (Å²) < 4.78 is 5.70. The van der Waals surface area contributed by atoms with Gasteiger partial charge in [0.25, 0.3) is 0 Å². The van der Waals surface area contributed by atoms with Crippen molar-refractivity contribution in [1.29, 1.82) is 0 Å². The fraction of sp³-hybridized carbons (Fsp3) is 0.806. The van der Waals surface area contributed by atoms with Crippen molar-refractivity contribution < 1.29 is 29.6 Å². The van der Waals surface area contributed by atoms with Crippen molar-refractivity contribution in [2.75, 3.05) is 0 Å². The number of aliphatic carboxylic acids is 1. The minimum absolute atomic E-state index is 0.0474. The van der Waals surface area contributed by atoms with Gasteiger partial charge in [0.1, 0.15) is 6.10 Å². The highest BCUT2D eigenvalue weighted by atomic mass is 16.5. The highest BCUT2D eigenvalue weighted by Gasteiger charge is 2.70. The quantitative estimate of drug-likeness (QED) is 0.247. The van der Waals surface area contributed by atoms with Gasteiger partial charge < -0.3 is 20.1 Å². The van der Waals surface area contributed by atoms with Crippen molar-refractivity contribution in [3.05, 3.63) is 22.8 Å². The molecule has 4 fully saturated rings. The van der Waals surface area contributed by atoms with E-state index in [0.717, 1.165) is 31.3 Å². The molecule has 4 rings (SSSR count). The first-order valence-corrected chi connectivity index (χ1v) is 14.3. The summed E-state index contributed by atoms with van der Waals surface area (Å²) in [5.41, 5.74) is 1.51. The normalized spacial score (nSPS) is 46.2. The Labute approximate surface area is 222 Å². The highest BCUT2D eigenvalue weighted by Crippen LogP contribution is 2.74. The molecule has 4 saturated carbocycles. The Morgan fingerprint density at radius 3 is 2.32 bits per heavy atom. The number of carboxylic acid groups (broad SMARTS) is 1. The number of carbonyl (C=O) groups is 2. The second-order valence-electron chi connectivity index (χ2n) is 13.6. The Kier molecular flexibility index (Phi) is 7.53. The number of aliphatic hydroxyl groups excluding tert-OH is 2. The minimum atomic E-state index is -0.949. The number of carboxylic acids is 1. The van der Waals surface area contributed by atoms with Crippen molar-refractivity contribution in [2.24, 2.45) is 39.9 Å². The van der Waals surface area contributed by atoms with Crippen LogP contribution in [-0.4, -0.2) is 45.6 Å². The lowest BCUT2D eigenvalue weighted by Crippen LogP contribution is -2.65. The van der Waals surface area contributed by atoms with Gasteiger partial charge in [-0.1, -0.05) is 39.3 Å². The summed E-state index contributed by atoms with van der Waals surface area (Å²) in [4.78, 5) is 24.1. The Hall–Kier alpha value is -1.66. The lowest BCUT2D eigenvalue weighted by atomic mass is 9.36. The van der Waals surface area contributed by atoms with Gasteiger partial charge in [0.05, 0.1) is 12.2 Å². The molecule has 0 amide bonds. The van der Waals surface area contributed by atoms with Crippen LogP contribution in [0.5, 0.6) is 0 Å². The Morgan fingerprint density at radius 1 is 1.05 bits per heavy atom. The molecule has 0 aliphatic heterocycles. The van der Waals surface area contributed by atoms with Crippen LogP contribution in [-0.2, 0) is 14.3 Å². The average Bonchev–Trinajstić information content (AvgIpc) is 3.03. The number of ether oxygens (including phenoxy) is 1. The van der Waals surface area contributed by atoms with Crippen LogP contribution in [0.15, 0.2) is 22.8 Å². The molecule has 0 saturated heterocycles. The maximum atomic E-state index is 12.4. The number of aliphatic hydroxyl groups is 2. The van der Waals surface area contributed by atoms with E-state index in [9.17, 15) is 24.9 Å². The third-order valence-electron chi connectivity index (χ3n) is 11.6. The molecule has 0 aromatic heterocycles. The van der Waals surface area contributed by atoms with Gasteiger partial charge in [0.15, 0.2) is 0 Å². The van der Waals surface area contributed by atoms with Gasteiger partial charge in [-0.05, 0) is 111 Å². The fourth-order valence-electron chi connectivity index (χ4n) is 9.88. The van der Waals surface area contributed by atoms with Crippen molar-refractivity contribution in [2.45, 2.75) is 118 Å². The second kappa shape index (κ2) is 9.82. The van der Waals surface area contributed by atoms with Gasteiger partial charge >= 0.3 is 11.9 Å². The summed E-state index contributed by atoms with van der Waals surface area (Å²) in [6.07, 6.45) is 6.26. The first-order valence-electron chi connectivity index (χ1n) is 14.3. The zero-order valence-corrected chi connectivity index (χ0v) is 23.8. The molecular formula is C31H48O6. The number of allylic oxidation sites excluding steroid dienone is 2. The molecule has 208 valence electrons. The molecule has 0 aromatic carbocycles. The topological polar surface area (TPSA) is 104 Å². The molecule has 0 heterocycles. The highest BCUT2D eigenvalue weighted by molar-refractivity contribution is 5.88. The average molecular weight is 517 g/mol. The van der Waals surface area contributed by atoms with E-state index in [1.807, 2.05) is 19.9 Å². The molecule has 6 nitrogen and oxygen atoms in total. The summed E-state index contributed by atoms with van der Waals surface area (Å²) in [7, 11) is 0. The van der Waals surface area contributed by atoms with Gasteiger partial charge in [-0.2, -0.15) is 0 Å². The van der Waals surface area contributed by atoms with Crippen LogP contribution in [0.25, 0.3) is 0 Å². The van der Waals surface area contributed by atoms with Crippen molar-refractivity contribution in [3.63, 3.8) is 0 Å². The number of fused-ring (bicyclic) bond motifs is 5. The van der Waals surface area contributed by atoms with Crippen LogP contribution < -0.4 is 0 Å². The maximum absolute atomic E-state index is 12.4. The Morgan fingerprint density at radius 2 is 1.73 bits per heavy atom. The van der Waals surface area contributed by atoms with Gasteiger partial charge in [0, 0.05) is 12.5 Å².